The second-order valence-corrected chi connectivity index (χ2v) is 6.81. The number of nitrogens with zero attached hydrogens (tertiary/aromatic N) is 2. The number of likely N-dealkylation sites (tertiary alicyclic amines) is 1. The summed E-state index contributed by atoms with van der Waals surface area (Å²) in [5.74, 6) is 0.391. The first-order chi connectivity index (χ1) is 10.7. The summed E-state index contributed by atoms with van der Waals surface area (Å²) in [6.45, 7) is 3.59. The number of aryl methyl sites for hydroxylation is 1. The number of hydrogen-bond acceptors (Lipinski definition) is 4. The van der Waals surface area contributed by atoms with Crippen LogP contribution in [0.1, 0.15) is 24.8 Å². The molecule has 2 aliphatic heterocycles. The van der Waals surface area contributed by atoms with E-state index in [4.69, 9.17) is 0 Å². The molecule has 1 aromatic heterocycles. The van der Waals surface area contributed by atoms with E-state index in [1.54, 1.807) is 11.3 Å². The predicted octanol–water partition coefficient (Wildman–Crippen LogP) is 1.10. The molecule has 0 bridgehead atoms. The van der Waals surface area contributed by atoms with Crippen LogP contribution in [0.5, 0.6) is 0 Å². The van der Waals surface area contributed by atoms with E-state index in [1.807, 2.05) is 15.2 Å². The summed E-state index contributed by atoms with van der Waals surface area (Å²) in [4.78, 5) is 28.4. The Balaban J connectivity index is 1.53. The van der Waals surface area contributed by atoms with Crippen molar-refractivity contribution in [2.45, 2.75) is 31.7 Å². The third-order valence-electron chi connectivity index (χ3n) is 4.52. The van der Waals surface area contributed by atoms with Crippen LogP contribution in [0.25, 0.3) is 0 Å². The van der Waals surface area contributed by atoms with Crippen LogP contribution in [0, 0.1) is 0 Å². The average Bonchev–Trinajstić information content (AvgIpc) is 3.06. The Morgan fingerprint density at radius 1 is 1.41 bits per heavy atom. The summed E-state index contributed by atoms with van der Waals surface area (Å²) in [5, 5.41) is 7.25. The molecular formula is C16H23N3O2S. The van der Waals surface area contributed by atoms with Crippen molar-refractivity contribution in [3.63, 3.8) is 0 Å². The topological polar surface area (TPSA) is 52.7 Å². The molecule has 2 fully saturated rings. The van der Waals surface area contributed by atoms with Crippen molar-refractivity contribution in [1.29, 1.82) is 0 Å². The predicted molar refractivity (Wildman–Crippen MR) is 86.8 cm³/mol. The molecule has 120 valence electrons. The van der Waals surface area contributed by atoms with Crippen molar-refractivity contribution in [3.8, 4) is 0 Å². The lowest BCUT2D eigenvalue weighted by Crippen LogP contribution is -2.57. The molecule has 0 spiro atoms. The number of hydrogen-bond donors (Lipinski definition) is 1. The fourth-order valence-electron chi connectivity index (χ4n) is 3.29. The van der Waals surface area contributed by atoms with Gasteiger partial charge in [0.05, 0.1) is 6.54 Å². The van der Waals surface area contributed by atoms with E-state index in [2.05, 4.69) is 16.8 Å². The molecule has 3 rings (SSSR count). The molecule has 1 N–H and O–H groups in total. The number of piperidine rings is 1. The Kier molecular flexibility index (Phi) is 5.10. The number of carbonyl (C=O) groups excluding carboxylic acids is 2. The van der Waals surface area contributed by atoms with Crippen molar-refractivity contribution in [2.24, 2.45) is 0 Å². The third-order valence-corrected chi connectivity index (χ3v) is 5.26. The minimum absolute atomic E-state index is 0.170. The van der Waals surface area contributed by atoms with Crippen LogP contribution in [0.15, 0.2) is 16.8 Å². The maximum absolute atomic E-state index is 12.4. The summed E-state index contributed by atoms with van der Waals surface area (Å²) < 4.78 is 0. The second-order valence-electron chi connectivity index (χ2n) is 6.03. The lowest BCUT2D eigenvalue weighted by Gasteiger charge is -2.41. The number of amides is 2. The summed E-state index contributed by atoms with van der Waals surface area (Å²) in [7, 11) is 0. The first-order valence-corrected chi connectivity index (χ1v) is 8.97. The standard InChI is InChI=1S/C16H23N3O2S/c20-15(4-3-13-5-9-22-12-13)18-7-1-2-14(11-18)19-8-6-17-10-16(19)21/h5,9,12,14,17H,1-4,6-8,10-11H2. The van der Waals surface area contributed by atoms with Gasteiger partial charge in [-0.15, -0.1) is 0 Å². The molecule has 3 heterocycles. The monoisotopic (exact) mass is 321 g/mol. The lowest BCUT2D eigenvalue weighted by molar-refractivity contribution is -0.140. The number of nitrogens with one attached hydrogen (secondary N) is 1. The first-order valence-electron chi connectivity index (χ1n) is 8.03. The van der Waals surface area contributed by atoms with Crippen molar-refractivity contribution in [3.05, 3.63) is 22.4 Å². The zero-order chi connectivity index (χ0) is 15.4. The quantitative estimate of drug-likeness (QED) is 0.904. The summed E-state index contributed by atoms with van der Waals surface area (Å²) in [6.07, 6.45) is 3.39. The highest BCUT2D eigenvalue weighted by atomic mass is 32.1. The second kappa shape index (κ2) is 7.24. The highest BCUT2D eigenvalue weighted by molar-refractivity contribution is 7.07. The van der Waals surface area contributed by atoms with Crippen LogP contribution in [0.3, 0.4) is 0 Å². The fourth-order valence-corrected chi connectivity index (χ4v) is 3.99. The number of piperazine rings is 1. The van der Waals surface area contributed by atoms with Gasteiger partial charge in [-0.05, 0) is 41.7 Å². The summed E-state index contributed by atoms with van der Waals surface area (Å²) >= 11 is 1.67. The normalized spacial score (nSPS) is 22.9. The van der Waals surface area contributed by atoms with Gasteiger partial charge in [0, 0.05) is 38.6 Å². The SMILES string of the molecule is O=C(CCc1ccsc1)N1CCCC(N2CCNCC2=O)C1. The molecule has 0 aliphatic carbocycles. The van der Waals surface area contributed by atoms with E-state index in [-0.39, 0.29) is 17.9 Å². The molecule has 22 heavy (non-hydrogen) atoms. The smallest absolute Gasteiger partial charge is 0.236 e. The highest BCUT2D eigenvalue weighted by Crippen LogP contribution is 2.18. The molecule has 2 saturated heterocycles. The van der Waals surface area contributed by atoms with E-state index in [0.29, 0.717) is 19.5 Å². The van der Waals surface area contributed by atoms with Crippen LogP contribution in [-0.4, -0.2) is 60.4 Å². The van der Waals surface area contributed by atoms with Crippen molar-refractivity contribution in [2.75, 3.05) is 32.7 Å². The molecule has 5 nitrogen and oxygen atoms in total. The van der Waals surface area contributed by atoms with Gasteiger partial charge >= 0.3 is 0 Å². The van der Waals surface area contributed by atoms with Gasteiger partial charge in [-0.3, -0.25) is 9.59 Å². The first kappa shape index (κ1) is 15.5. The fraction of sp³-hybridized carbons (Fsp3) is 0.625. The van der Waals surface area contributed by atoms with Gasteiger partial charge in [-0.2, -0.15) is 11.3 Å². The van der Waals surface area contributed by atoms with E-state index in [1.165, 1.54) is 5.56 Å². The van der Waals surface area contributed by atoms with Crippen molar-refractivity contribution in [1.82, 2.24) is 15.1 Å². The van der Waals surface area contributed by atoms with Gasteiger partial charge < -0.3 is 15.1 Å². The zero-order valence-electron chi connectivity index (χ0n) is 12.8. The maximum Gasteiger partial charge on any atom is 0.236 e. The minimum atomic E-state index is 0.170. The van der Waals surface area contributed by atoms with E-state index < -0.39 is 0 Å². The van der Waals surface area contributed by atoms with Gasteiger partial charge in [0.25, 0.3) is 0 Å². The number of rotatable bonds is 4. The van der Waals surface area contributed by atoms with Gasteiger partial charge in [0.2, 0.25) is 11.8 Å². The van der Waals surface area contributed by atoms with Crippen LogP contribution in [-0.2, 0) is 16.0 Å². The lowest BCUT2D eigenvalue weighted by atomic mass is 10.0. The number of carbonyl (C=O) groups is 2. The molecule has 0 aromatic carbocycles. The Morgan fingerprint density at radius 2 is 2.32 bits per heavy atom. The largest absolute Gasteiger partial charge is 0.341 e. The van der Waals surface area contributed by atoms with Gasteiger partial charge in [0.15, 0.2) is 0 Å². The van der Waals surface area contributed by atoms with E-state index >= 15 is 0 Å². The molecule has 1 unspecified atom stereocenters. The molecule has 0 saturated carbocycles. The Hall–Kier alpha value is -1.40. The Morgan fingerprint density at radius 3 is 3.09 bits per heavy atom. The van der Waals surface area contributed by atoms with Crippen molar-refractivity contribution >= 4 is 23.2 Å². The summed E-state index contributed by atoms with van der Waals surface area (Å²) in [6, 6.07) is 2.28. The molecule has 0 radical (unpaired) electrons. The van der Waals surface area contributed by atoms with Gasteiger partial charge in [0.1, 0.15) is 0 Å². The third kappa shape index (κ3) is 3.67. The molecule has 1 atom stereocenters. The molecule has 1 aromatic rings. The highest BCUT2D eigenvalue weighted by Gasteiger charge is 2.31. The molecule has 2 aliphatic rings. The number of thiophene rings is 1. The van der Waals surface area contributed by atoms with Crippen LogP contribution in [0.4, 0.5) is 0 Å². The minimum Gasteiger partial charge on any atom is -0.341 e. The van der Waals surface area contributed by atoms with E-state index in [9.17, 15) is 9.59 Å². The molecule has 6 heteroatoms. The van der Waals surface area contributed by atoms with Crippen LogP contribution < -0.4 is 5.32 Å². The zero-order valence-corrected chi connectivity index (χ0v) is 13.6. The van der Waals surface area contributed by atoms with Gasteiger partial charge in [-0.1, -0.05) is 0 Å². The Bertz CT molecular complexity index is 517. The Labute approximate surface area is 135 Å². The van der Waals surface area contributed by atoms with Gasteiger partial charge in [-0.25, -0.2) is 0 Å². The van der Waals surface area contributed by atoms with Crippen LogP contribution >= 0.6 is 11.3 Å². The average molecular weight is 321 g/mol. The van der Waals surface area contributed by atoms with Crippen molar-refractivity contribution < 1.29 is 9.59 Å². The summed E-state index contributed by atoms with van der Waals surface area (Å²) in [5.41, 5.74) is 1.24. The molecular weight excluding hydrogens is 298 g/mol. The van der Waals surface area contributed by atoms with E-state index in [0.717, 1.165) is 38.9 Å². The van der Waals surface area contributed by atoms with Crippen LogP contribution in [0.2, 0.25) is 0 Å². The maximum atomic E-state index is 12.4. The molecule has 2 amide bonds.